The minimum Gasteiger partial charge on any atom is -0.377 e. The Hall–Kier alpha value is -0.870. The second-order valence-electron chi connectivity index (χ2n) is 3.76. The van der Waals surface area contributed by atoms with Gasteiger partial charge in [-0.2, -0.15) is 0 Å². The molecule has 0 aliphatic carbocycles. The topological polar surface area (TPSA) is 49.9 Å². The lowest BCUT2D eigenvalue weighted by Gasteiger charge is -2.09. The molecule has 0 radical (unpaired) electrons. The van der Waals surface area contributed by atoms with Crippen molar-refractivity contribution in [1.82, 2.24) is 15.3 Å². The zero-order chi connectivity index (χ0) is 9.80. The first-order valence-corrected chi connectivity index (χ1v) is 5.17. The van der Waals surface area contributed by atoms with Gasteiger partial charge in [0.1, 0.15) is 5.82 Å². The van der Waals surface area contributed by atoms with Crippen molar-refractivity contribution < 1.29 is 4.74 Å². The Morgan fingerprint density at radius 1 is 1.71 bits per heavy atom. The molecule has 1 aromatic rings. The van der Waals surface area contributed by atoms with Gasteiger partial charge in [-0.05, 0) is 19.8 Å². The van der Waals surface area contributed by atoms with Gasteiger partial charge in [-0.1, -0.05) is 0 Å². The van der Waals surface area contributed by atoms with E-state index in [9.17, 15) is 0 Å². The molecule has 4 nitrogen and oxygen atoms in total. The van der Waals surface area contributed by atoms with E-state index in [1.807, 2.05) is 13.1 Å². The van der Waals surface area contributed by atoms with Crippen LogP contribution in [0.25, 0.3) is 0 Å². The molecule has 0 saturated carbocycles. The maximum atomic E-state index is 5.51. The summed E-state index contributed by atoms with van der Waals surface area (Å²) in [6.07, 6.45) is 4.68. The quantitative estimate of drug-likeness (QED) is 0.753. The summed E-state index contributed by atoms with van der Waals surface area (Å²) in [6, 6.07) is 0. The molecule has 78 valence electrons. The highest BCUT2D eigenvalue weighted by atomic mass is 16.5. The smallest absolute Gasteiger partial charge is 0.103 e. The summed E-state index contributed by atoms with van der Waals surface area (Å²) in [6.45, 7) is 4.68. The van der Waals surface area contributed by atoms with Crippen LogP contribution in [0, 0.1) is 6.92 Å². The van der Waals surface area contributed by atoms with Crippen molar-refractivity contribution in [2.45, 2.75) is 32.4 Å². The van der Waals surface area contributed by atoms with Gasteiger partial charge in [0.25, 0.3) is 0 Å². The van der Waals surface area contributed by atoms with Gasteiger partial charge in [0.15, 0.2) is 0 Å². The molecule has 2 N–H and O–H groups in total. The third-order valence-electron chi connectivity index (χ3n) is 2.47. The number of ether oxygens (including phenoxy) is 1. The van der Waals surface area contributed by atoms with Crippen LogP contribution in [0.2, 0.25) is 0 Å². The third kappa shape index (κ3) is 2.56. The van der Waals surface area contributed by atoms with E-state index in [2.05, 4.69) is 15.3 Å². The lowest BCUT2D eigenvalue weighted by atomic mass is 10.2. The van der Waals surface area contributed by atoms with Crippen molar-refractivity contribution in [1.29, 1.82) is 0 Å². The van der Waals surface area contributed by atoms with Crippen LogP contribution >= 0.6 is 0 Å². The Morgan fingerprint density at radius 3 is 3.29 bits per heavy atom. The van der Waals surface area contributed by atoms with E-state index >= 15 is 0 Å². The molecule has 1 fully saturated rings. The van der Waals surface area contributed by atoms with Gasteiger partial charge in [-0.25, -0.2) is 4.98 Å². The predicted molar refractivity (Wildman–Crippen MR) is 54.0 cm³/mol. The summed E-state index contributed by atoms with van der Waals surface area (Å²) < 4.78 is 5.51. The van der Waals surface area contributed by atoms with E-state index in [0.29, 0.717) is 6.10 Å². The molecule has 0 amide bonds. The lowest BCUT2D eigenvalue weighted by molar-refractivity contribution is 0.110. The molecule has 4 heteroatoms. The van der Waals surface area contributed by atoms with Crippen molar-refractivity contribution in [3.05, 3.63) is 17.7 Å². The van der Waals surface area contributed by atoms with Crippen molar-refractivity contribution >= 4 is 0 Å². The fourth-order valence-corrected chi connectivity index (χ4v) is 1.73. The maximum Gasteiger partial charge on any atom is 0.103 e. The van der Waals surface area contributed by atoms with Crippen molar-refractivity contribution in [2.24, 2.45) is 0 Å². The average Bonchev–Trinajstić information content (AvgIpc) is 2.77. The van der Waals surface area contributed by atoms with Gasteiger partial charge < -0.3 is 15.0 Å². The zero-order valence-corrected chi connectivity index (χ0v) is 8.55. The fraction of sp³-hybridized carbons (Fsp3) is 0.700. The molecule has 0 aromatic carbocycles. The number of imidazole rings is 1. The van der Waals surface area contributed by atoms with E-state index in [-0.39, 0.29) is 0 Å². The van der Waals surface area contributed by atoms with E-state index in [0.717, 1.165) is 31.2 Å². The first-order valence-electron chi connectivity index (χ1n) is 5.17. The minimum atomic E-state index is 0.416. The van der Waals surface area contributed by atoms with Crippen molar-refractivity contribution in [3.8, 4) is 0 Å². The number of nitrogens with one attached hydrogen (secondary N) is 2. The van der Waals surface area contributed by atoms with Crippen molar-refractivity contribution in [2.75, 3.05) is 13.2 Å². The molecule has 1 aromatic heterocycles. The van der Waals surface area contributed by atoms with E-state index in [1.165, 1.54) is 12.8 Å². The number of hydrogen-bond acceptors (Lipinski definition) is 3. The number of rotatable bonds is 4. The Morgan fingerprint density at radius 2 is 2.64 bits per heavy atom. The summed E-state index contributed by atoms with van der Waals surface area (Å²) in [5.41, 5.74) is 1.14. The number of aryl methyl sites for hydroxylation is 1. The van der Waals surface area contributed by atoms with Crippen LogP contribution in [0.3, 0.4) is 0 Å². The maximum absolute atomic E-state index is 5.51. The average molecular weight is 195 g/mol. The third-order valence-corrected chi connectivity index (χ3v) is 2.47. The van der Waals surface area contributed by atoms with Crippen LogP contribution in [0.4, 0.5) is 0 Å². The molecule has 14 heavy (non-hydrogen) atoms. The molecular weight excluding hydrogens is 178 g/mol. The van der Waals surface area contributed by atoms with E-state index < -0.39 is 0 Å². The first kappa shape index (κ1) is 9.68. The van der Waals surface area contributed by atoms with Crippen LogP contribution in [0.1, 0.15) is 24.4 Å². The summed E-state index contributed by atoms with van der Waals surface area (Å²) >= 11 is 0. The normalized spacial score (nSPS) is 21.6. The second-order valence-corrected chi connectivity index (χ2v) is 3.76. The fourth-order valence-electron chi connectivity index (χ4n) is 1.73. The standard InChI is InChI=1S/C10H17N3O/c1-8-12-6-9(13-8)5-11-7-10-3-2-4-14-10/h6,10-11H,2-5,7H2,1H3,(H,12,13). The second kappa shape index (κ2) is 4.57. The van der Waals surface area contributed by atoms with E-state index in [1.54, 1.807) is 0 Å². The Bertz CT molecular complexity index is 279. The number of aromatic amines is 1. The Kier molecular flexibility index (Phi) is 3.16. The van der Waals surface area contributed by atoms with Gasteiger partial charge in [0, 0.05) is 31.6 Å². The van der Waals surface area contributed by atoms with Crippen LogP contribution < -0.4 is 5.32 Å². The molecule has 2 rings (SSSR count). The summed E-state index contributed by atoms with van der Waals surface area (Å²) in [7, 11) is 0. The van der Waals surface area contributed by atoms with Gasteiger partial charge in [-0.15, -0.1) is 0 Å². The van der Waals surface area contributed by atoms with Crippen LogP contribution in [0.15, 0.2) is 6.20 Å². The highest BCUT2D eigenvalue weighted by Crippen LogP contribution is 2.10. The number of hydrogen-bond donors (Lipinski definition) is 2. The summed E-state index contributed by atoms with van der Waals surface area (Å²) in [5.74, 6) is 0.971. The Balaban J connectivity index is 1.67. The minimum absolute atomic E-state index is 0.416. The van der Waals surface area contributed by atoms with Crippen molar-refractivity contribution in [3.63, 3.8) is 0 Å². The molecule has 0 spiro atoms. The zero-order valence-electron chi connectivity index (χ0n) is 8.55. The molecule has 1 unspecified atom stereocenters. The van der Waals surface area contributed by atoms with Gasteiger partial charge in [0.05, 0.1) is 6.10 Å². The number of aromatic nitrogens is 2. The van der Waals surface area contributed by atoms with Gasteiger partial charge in [0.2, 0.25) is 0 Å². The van der Waals surface area contributed by atoms with Gasteiger partial charge >= 0.3 is 0 Å². The monoisotopic (exact) mass is 195 g/mol. The molecule has 1 aliphatic heterocycles. The largest absolute Gasteiger partial charge is 0.377 e. The van der Waals surface area contributed by atoms with Crippen LogP contribution in [0.5, 0.6) is 0 Å². The molecule has 2 heterocycles. The number of nitrogens with zero attached hydrogens (tertiary/aromatic N) is 1. The first-order chi connectivity index (χ1) is 6.84. The van der Waals surface area contributed by atoms with E-state index in [4.69, 9.17) is 4.74 Å². The SMILES string of the molecule is Cc1ncc(CNCC2CCCO2)[nH]1. The lowest BCUT2D eigenvalue weighted by Crippen LogP contribution is -2.25. The molecule has 0 bridgehead atoms. The summed E-state index contributed by atoms with van der Waals surface area (Å²) in [5, 5.41) is 3.36. The van der Waals surface area contributed by atoms with Crippen LogP contribution in [-0.2, 0) is 11.3 Å². The highest BCUT2D eigenvalue weighted by molar-refractivity contribution is 4.99. The molecule has 1 saturated heterocycles. The molecule has 1 aliphatic rings. The van der Waals surface area contributed by atoms with Gasteiger partial charge in [-0.3, -0.25) is 0 Å². The highest BCUT2D eigenvalue weighted by Gasteiger charge is 2.14. The molecule has 1 atom stereocenters. The summed E-state index contributed by atoms with van der Waals surface area (Å²) in [4.78, 5) is 7.33. The predicted octanol–water partition coefficient (Wildman–Crippen LogP) is 0.987. The number of H-pyrrole nitrogens is 1. The van der Waals surface area contributed by atoms with Crippen LogP contribution in [-0.4, -0.2) is 29.2 Å². The molecular formula is C10H17N3O. The Labute approximate surface area is 84.1 Å².